The van der Waals surface area contributed by atoms with E-state index in [1.54, 1.807) is 23.9 Å². The van der Waals surface area contributed by atoms with Crippen LogP contribution in [-0.2, 0) is 16.1 Å². The monoisotopic (exact) mass is 417 g/mol. The molecule has 1 heterocycles. The molecule has 29 heavy (non-hydrogen) atoms. The first-order valence-corrected chi connectivity index (χ1v) is 10.7. The molecule has 1 atom stereocenters. The number of aromatic nitrogens is 1. The number of nitrogens with one attached hydrogen (secondary N) is 3. The van der Waals surface area contributed by atoms with Gasteiger partial charge in [-0.05, 0) is 56.0 Å². The Morgan fingerprint density at radius 1 is 1.21 bits per heavy atom. The topological polar surface area (TPSA) is 100 Å². The lowest BCUT2D eigenvalue weighted by atomic mass is 10.1. The van der Waals surface area contributed by atoms with Crippen LogP contribution in [-0.4, -0.2) is 41.5 Å². The minimum Gasteiger partial charge on any atom is -0.484 e. The molecule has 0 saturated heterocycles. The number of H-pyrrole nitrogens is 1. The minimum atomic E-state index is -0.695. The second-order valence-corrected chi connectivity index (χ2v) is 7.65. The van der Waals surface area contributed by atoms with Crippen molar-refractivity contribution in [2.24, 2.45) is 0 Å². The summed E-state index contributed by atoms with van der Waals surface area (Å²) in [6.45, 7) is 3.57. The summed E-state index contributed by atoms with van der Waals surface area (Å²) in [6, 6.07) is 10.2. The highest BCUT2D eigenvalue weighted by Gasteiger charge is 2.21. The van der Waals surface area contributed by atoms with E-state index < -0.39 is 6.04 Å². The van der Waals surface area contributed by atoms with Gasteiger partial charge in [0.05, 0.1) is 0 Å². The number of aromatic amines is 1. The van der Waals surface area contributed by atoms with Crippen molar-refractivity contribution in [3.8, 4) is 5.75 Å². The van der Waals surface area contributed by atoms with Gasteiger partial charge in [0, 0.05) is 17.8 Å². The number of pyridine rings is 1. The van der Waals surface area contributed by atoms with Gasteiger partial charge in [0.1, 0.15) is 11.8 Å². The quantitative estimate of drug-likeness (QED) is 0.548. The van der Waals surface area contributed by atoms with Crippen molar-refractivity contribution < 1.29 is 14.3 Å². The van der Waals surface area contributed by atoms with Crippen molar-refractivity contribution in [2.45, 2.75) is 32.9 Å². The zero-order valence-corrected chi connectivity index (χ0v) is 17.7. The average Bonchev–Trinajstić information content (AvgIpc) is 2.69. The molecule has 0 fully saturated rings. The molecule has 8 heteroatoms. The maximum atomic E-state index is 12.6. The molecule has 2 rings (SSSR count). The zero-order valence-electron chi connectivity index (χ0n) is 16.9. The summed E-state index contributed by atoms with van der Waals surface area (Å²) in [4.78, 5) is 39.7. The van der Waals surface area contributed by atoms with Crippen LogP contribution in [0.15, 0.2) is 41.2 Å². The van der Waals surface area contributed by atoms with Crippen molar-refractivity contribution in [2.75, 3.05) is 18.6 Å². The molecule has 2 aromatic rings. The van der Waals surface area contributed by atoms with Crippen LogP contribution < -0.4 is 20.9 Å². The molecule has 0 aliphatic rings. The molecule has 1 aromatic carbocycles. The molecule has 0 saturated carbocycles. The Balaban J connectivity index is 1.94. The second kappa shape index (κ2) is 11.3. The van der Waals surface area contributed by atoms with E-state index in [1.807, 2.05) is 44.4 Å². The second-order valence-electron chi connectivity index (χ2n) is 6.66. The van der Waals surface area contributed by atoms with Crippen LogP contribution in [0.25, 0.3) is 0 Å². The minimum absolute atomic E-state index is 0.104. The van der Waals surface area contributed by atoms with E-state index in [0.717, 1.165) is 11.3 Å². The number of aryl methyl sites for hydroxylation is 2. The van der Waals surface area contributed by atoms with E-state index in [2.05, 4.69) is 15.6 Å². The van der Waals surface area contributed by atoms with Crippen molar-refractivity contribution in [1.82, 2.24) is 15.6 Å². The predicted octanol–water partition coefficient (Wildman–Crippen LogP) is 1.92. The smallest absolute Gasteiger partial charge is 0.258 e. The molecule has 0 aliphatic carbocycles. The molecule has 2 amide bonds. The summed E-state index contributed by atoms with van der Waals surface area (Å²) in [5, 5.41) is 5.49. The fourth-order valence-corrected chi connectivity index (χ4v) is 3.28. The Bertz CT molecular complexity index is 883. The summed E-state index contributed by atoms with van der Waals surface area (Å²) in [5.41, 5.74) is 1.87. The largest absolute Gasteiger partial charge is 0.484 e. The number of hydrogen-bond donors (Lipinski definition) is 3. The zero-order chi connectivity index (χ0) is 21.2. The molecule has 3 N–H and O–H groups in total. The molecule has 0 radical (unpaired) electrons. The van der Waals surface area contributed by atoms with Crippen LogP contribution in [0.2, 0.25) is 0 Å². The van der Waals surface area contributed by atoms with Gasteiger partial charge in [-0.25, -0.2) is 0 Å². The normalized spacial score (nSPS) is 11.6. The van der Waals surface area contributed by atoms with E-state index in [9.17, 15) is 14.4 Å². The van der Waals surface area contributed by atoms with Crippen LogP contribution in [0.3, 0.4) is 0 Å². The summed E-state index contributed by atoms with van der Waals surface area (Å²) < 4.78 is 5.43. The number of ether oxygens (including phenoxy) is 1. The number of carbonyl (C=O) groups is 2. The van der Waals surface area contributed by atoms with Gasteiger partial charge in [-0.1, -0.05) is 18.2 Å². The van der Waals surface area contributed by atoms with Gasteiger partial charge in [0.25, 0.3) is 11.5 Å². The van der Waals surface area contributed by atoms with Gasteiger partial charge in [-0.15, -0.1) is 0 Å². The van der Waals surface area contributed by atoms with Crippen LogP contribution >= 0.6 is 11.8 Å². The number of carbonyl (C=O) groups excluding carboxylic acids is 2. The van der Waals surface area contributed by atoms with Crippen LogP contribution in [0, 0.1) is 13.8 Å². The highest BCUT2D eigenvalue weighted by atomic mass is 32.2. The van der Waals surface area contributed by atoms with E-state index in [4.69, 9.17) is 4.74 Å². The summed E-state index contributed by atoms with van der Waals surface area (Å²) in [5.74, 6) is 0.593. The first kappa shape index (κ1) is 22.5. The van der Waals surface area contributed by atoms with Gasteiger partial charge in [0.15, 0.2) is 6.61 Å². The van der Waals surface area contributed by atoms with Crippen LogP contribution in [0.4, 0.5) is 0 Å². The van der Waals surface area contributed by atoms with Gasteiger partial charge >= 0.3 is 0 Å². The SMILES string of the molecule is CSCC[C@H](NC(=O)COc1ccccc1)C(=O)NCc1c(C)cc(C)[nH]c1=O. The molecule has 0 aliphatic heterocycles. The summed E-state index contributed by atoms with van der Waals surface area (Å²) in [6.07, 6.45) is 2.41. The highest BCUT2D eigenvalue weighted by Crippen LogP contribution is 2.08. The molecule has 156 valence electrons. The number of amides is 2. The molecule has 0 bridgehead atoms. The standard InChI is InChI=1S/C21H27N3O4S/c1-14-11-15(2)23-20(26)17(14)12-22-21(27)18(9-10-29-3)24-19(25)13-28-16-7-5-4-6-8-16/h4-8,11,18H,9-10,12-13H2,1-3H3,(H,22,27)(H,23,26)(H,24,25)/t18-/m0/s1. The first-order chi connectivity index (χ1) is 13.9. The third-order valence-electron chi connectivity index (χ3n) is 4.31. The van der Waals surface area contributed by atoms with Gasteiger partial charge < -0.3 is 20.4 Å². The molecule has 7 nitrogen and oxygen atoms in total. The highest BCUT2D eigenvalue weighted by molar-refractivity contribution is 7.98. The fourth-order valence-electron chi connectivity index (χ4n) is 2.81. The molecule has 1 aromatic heterocycles. The van der Waals surface area contributed by atoms with Crippen LogP contribution in [0.1, 0.15) is 23.2 Å². The van der Waals surface area contributed by atoms with E-state index in [-0.39, 0.29) is 30.5 Å². The molecular weight excluding hydrogens is 390 g/mol. The number of hydrogen-bond acceptors (Lipinski definition) is 5. The third-order valence-corrected chi connectivity index (χ3v) is 4.95. The Labute approximate surface area is 174 Å². The van der Waals surface area contributed by atoms with E-state index in [1.165, 1.54) is 0 Å². The summed E-state index contributed by atoms with van der Waals surface area (Å²) >= 11 is 1.59. The lowest BCUT2D eigenvalue weighted by molar-refractivity contribution is -0.130. The Morgan fingerprint density at radius 2 is 1.93 bits per heavy atom. The van der Waals surface area contributed by atoms with Crippen molar-refractivity contribution in [3.63, 3.8) is 0 Å². The van der Waals surface area contributed by atoms with Crippen molar-refractivity contribution in [1.29, 1.82) is 0 Å². The van der Waals surface area contributed by atoms with E-state index >= 15 is 0 Å². The van der Waals surface area contributed by atoms with Gasteiger partial charge in [-0.3, -0.25) is 14.4 Å². The lowest BCUT2D eigenvalue weighted by Gasteiger charge is -2.18. The van der Waals surface area contributed by atoms with Crippen LogP contribution in [0.5, 0.6) is 5.75 Å². The van der Waals surface area contributed by atoms with Gasteiger partial charge in [-0.2, -0.15) is 11.8 Å². The lowest BCUT2D eigenvalue weighted by Crippen LogP contribution is -2.48. The Kier molecular flexibility index (Phi) is 8.79. The molecular formula is C21H27N3O4S. The van der Waals surface area contributed by atoms with Crippen molar-refractivity contribution in [3.05, 3.63) is 63.6 Å². The third kappa shape index (κ3) is 7.30. The predicted molar refractivity (Wildman–Crippen MR) is 115 cm³/mol. The maximum Gasteiger partial charge on any atom is 0.258 e. The average molecular weight is 418 g/mol. The number of rotatable bonds is 10. The maximum absolute atomic E-state index is 12.6. The first-order valence-electron chi connectivity index (χ1n) is 9.34. The van der Waals surface area contributed by atoms with Crippen molar-refractivity contribution >= 4 is 23.6 Å². The van der Waals surface area contributed by atoms with Gasteiger partial charge in [0.2, 0.25) is 5.91 Å². The Hall–Kier alpha value is -2.74. The molecule has 0 unspecified atom stereocenters. The molecule has 0 spiro atoms. The fraction of sp³-hybridized carbons (Fsp3) is 0.381. The van der Waals surface area contributed by atoms with E-state index in [0.29, 0.717) is 23.5 Å². The summed E-state index contributed by atoms with van der Waals surface area (Å²) in [7, 11) is 0. The Morgan fingerprint density at radius 3 is 2.59 bits per heavy atom. The number of para-hydroxylation sites is 1. The number of thioether (sulfide) groups is 1. The number of benzene rings is 1.